The minimum atomic E-state index is 0.730. The van der Waals surface area contributed by atoms with Gasteiger partial charge < -0.3 is 10.3 Å². The largest absolute Gasteiger partial charge is 0.313 e. The Morgan fingerprint density at radius 2 is 2.27 bits per heavy atom. The molecule has 86 valence electrons. The molecule has 0 aliphatic rings. The summed E-state index contributed by atoms with van der Waals surface area (Å²) in [6, 6.07) is 0. The zero-order valence-electron chi connectivity index (χ0n) is 9.53. The van der Waals surface area contributed by atoms with Crippen LogP contribution in [0.2, 0.25) is 0 Å². The van der Waals surface area contributed by atoms with Crippen molar-refractivity contribution < 1.29 is 0 Å². The molecular weight excluding hydrogens is 210 g/mol. The highest BCUT2D eigenvalue weighted by molar-refractivity contribution is 7.10. The van der Waals surface area contributed by atoms with Crippen LogP contribution >= 0.6 is 11.5 Å². The number of hydrazine groups is 1. The van der Waals surface area contributed by atoms with Gasteiger partial charge in [0.1, 0.15) is 10.7 Å². The number of rotatable bonds is 6. The van der Waals surface area contributed by atoms with Crippen LogP contribution in [0.15, 0.2) is 0 Å². The number of nitrogens with one attached hydrogen (secondary N) is 1. The smallest absolute Gasteiger partial charge is 0.148 e. The molecule has 0 bridgehead atoms. The lowest BCUT2D eigenvalue weighted by molar-refractivity contribution is 0.300. The summed E-state index contributed by atoms with van der Waals surface area (Å²) in [5.41, 5.74) is 3.54. The maximum absolute atomic E-state index is 5.35. The summed E-state index contributed by atoms with van der Waals surface area (Å²) >= 11 is 1.29. The van der Waals surface area contributed by atoms with E-state index in [1.54, 1.807) is 0 Å². The van der Waals surface area contributed by atoms with Crippen LogP contribution in [0.3, 0.4) is 0 Å². The van der Waals surface area contributed by atoms with Crippen molar-refractivity contribution in [2.75, 3.05) is 19.0 Å². The molecule has 0 spiro atoms. The molecule has 3 N–H and O–H groups in total. The van der Waals surface area contributed by atoms with E-state index >= 15 is 0 Å². The minimum Gasteiger partial charge on any atom is -0.313 e. The monoisotopic (exact) mass is 229 g/mol. The fraction of sp³-hybridized carbons (Fsp3) is 0.778. The highest BCUT2D eigenvalue weighted by Crippen LogP contribution is 2.17. The molecule has 0 aliphatic carbocycles. The van der Waals surface area contributed by atoms with E-state index in [1.165, 1.54) is 18.0 Å². The average molecular weight is 229 g/mol. The van der Waals surface area contributed by atoms with Crippen molar-refractivity contribution in [2.24, 2.45) is 11.8 Å². The topological polar surface area (TPSA) is 67.1 Å². The summed E-state index contributed by atoms with van der Waals surface area (Å²) in [7, 11) is 2.09. The first kappa shape index (κ1) is 12.4. The summed E-state index contributed by atoms with van der Waals surface area (Å²) in [5, 5.41) is 4.89. The Hall–Kier alpha value is -0.720. The normalized spacial score (nSPS) is 11.3. The number of nitrogens with zero attached hydrogens (tertiary/aromatic N) is 3. The Kier molecular flexibility index (Phi) is 4.93. The van der Waals surface area contributed by atoms with Crippen molar-refractivity contribution in [1.82, 2.24) is 14.5 Å². The summed E-state index contributed by atoms with van der Waals surface area (Å²) in [6.45, 7) is 6.32. The van der Waals surface area contributed by atoms with Gasteiger partial charge >= 0.3 is 0 Å². The molecule has 6 heteroatoms. The van der Waals surface area contributed by atoms with E-state index in [9.17, 15) is 0 Å². The van der Waals surface area contributed by atoms with Crippen LogP contribution in [0.1, 0.15) is 26.0 Å². The first-order valence-corrected chi connectivity index (χ1v) is 5.87. The van der Waals surface area contributed by atoms with Crippen LogP contribution in [-0.2, 0) is 6.54 Å². The molecule has 0 radical (unpaired) electrons. The third-order valence-electron chi connectivity index (χ3n) is 2.19. The molecule has 15 heavy (non-hydrogen) atoms. The van der Waals surface area contributed by atoms with Gasteiger partial charge in [-0.25, -0.2) is 5.84 Å². The Labute approximate surface area is 94.8 Å². The van der Waals surface area contributed by atoms with Gasteiger partial charge in [-0.05, 0) is 25.9 Å². The average Bonchev–Trinajstić information content (AvgIpc) is 2.62. The summed E-state index contributed by atoms with van der Waals surface area (Å²) < 4.78 is 3.86. The lowest BCUT2D eigenvalue weighted by Crippen LogP contribution is -2.21. The van der Waals surface area contributed by atoms with Gasteiger partial charge in [0.05, 0.1) is 0 Å². The highest BCUT2D eigenvalue weighted by atomic mass is 32.1. The van der Waals surface area contributed by atoms with Crippen LogP contribution in [0, 0.1) is 5.92 Å². The third kappa shape index (κ3) is 4.11. The summed E-state index contributed by atoms with van der Waals surface area (Å²) in [6.07, 6.45) is 1.19. The van der Waals surface area contributed by atoms with Crippen molar-refractivity contribution in [1.29, 1.82) is 0 Å². The number of nitrogens with two attached hydrogens (primary N) is 1. The number of aromatic nitrogens is 2. The van der Waals surface area contributed by atoms with E-state index in [0.29, 0.717) is 0 Å². The van der Waals surface area contributed by atoms with Crippen molar-refractivity contribution in [3.05, 3.63) is 5.69 Å². The lowest BCUT2D eigenvalue weighted by Gasteiger charge is -2.16. The third-order valence-corrected chi connectivity index (χ3v) is 2.89. The van der Waals surface area contributed by atoms with Crippen LogP contribution in [-0.4, -0.2) is 28.1 Å². The summed E-state index contributed by atoms with van der Waals surface area (Å²) in [5.74, 6) is 6.08. The van der Waals surface area contributed by atoms with Gasteiger partial charge in [0, 0.05) is 18.1 Å². The maximum atomic E-state index is 5.35. The summed E-state index contributed by atoms with van der Waals surface area (Å²) in [4.78, 5) is 2.23. The van der Waals surface area contributed by atoms with Gasteiger partial charge in [-0.2, -0.15) is 0 Å². The molecule has 1 aromatic heterocycles. The molecule has 1 aromatic rings. The van der Waals surface area contributed by atoms with E-state index in [-0.39, 0.29) is 0 Å². The Morgan fingerprint density at radius 1 is 1.53 bits per heavy atom. The number of anilines is 1. The van der Waals surface area contributed by atoms with Crippen LogP contribution in [0.5, 0.6) is 0 Å². The fourth-order valence-electron chi connectivity index (χ4n) is 1.24. The van der Waals surface area contributed by atoms with Gasteiger partial charge in [0.15, 0.2) is 0 Å². The van der Waals surface area contributed by atoms with Gasteiger partial charge in [0.25, 0.3) is 0 Å². The SMILES string of the molecule is CC(C)CCN(C)Cc1nnsc1NN. The molecule has 1 heterocycles. The molecular formula is C9H19N5S. The first-order valence-electron chi connectivity index (χ1n) is 5.10. The standard InChI is InChI=1S/C9H19N5S/c1-7(2)4-5-14(3)6-8-9(11-10)15-13-12-8/h7,11H,4-6,10H2,1-3H3. The Balaban J connectivity index is 2.40. The Bertz CT molecular complexity index is 286. The molecule has 0 aliphatic heterocycles. The van der Waals surface area contributed by atoms with Gasteiger partial charge in [-0.1, -0.05) is 18.3 Å². The van der Waals surface area contributed by atoms with Crippen molar-refractivity contribution in [2.45, 2.75) is 26.8 Å². The number of nitrogen functional groups attached to an aromatic ring is 1. The zero-order valence-corrected chi connectivity index (χ0v) is 10.3. The second-order valence-corrected chi connectivity index (χ2v) is 4.87. The molecule has 0 saturated carbocycles. The second-order valence-electron chi connectivity index (χ2n) is 4.11. The maximum Gasteiger partial charge on any atom is 0.148 e. The predicted octanol–water partition coefficient (Wildman–Crippen LogP) is 1.30. The molecule has 0 atom stereocenters. The van der Waals surface area contributed by atoms with E-state index in [2.05, 4.69) is 40.8 Å². The molecule has 0 aromatic carbocycles. The van der Waals surface area contributed by atoms with Crippen molar-refractivity contribution >= 4 is 16.5 Å². The van der Waals surface area contributed by atoms with Crippen LogP contribution < -0.4 is 11.3 Å². The second kappa shape index (κ2) is 5.99. The van der Waals surface area contributed by atoms with Gasteiger partial charge in [-0.3, -0.25) is 0 Å². The zero-order chi connectivity index (χ0) is 11.3. The molecule has 0 saturated heterocycles. The minimum absolute atomic E-state index is 0.730. The number of hydrogen-bond donors (Lipinski definition) is 2. The first-order chi connectivity index (χ1) is 7.13. The molecule has 5 nitrogen and oxygen atoms in total. The molecule has 0 unspecified atom stereocenters. The van der Waals surface area contributed by atoms with E-state index in [0.717, 1.165) is 29.7 Å². The predicted molar refractivity (Wildman–Crippen MR) is 63.5 cm³/mol. The number of hydrogen-bond acceptors (Lipinski definition) is 6. The quantitative estimate of drug-likeness (QED) is 0.568. The van der Waals surface area contributed by atoms with Crippen molar-refractivity contribution in [3.63, 3.8) is 0 Å². The highest BCUT2D eigenvalue weighted by Gasteiger charge is 2.09. The van der Waals surface area contributed by atoms with Crippen LogP contribution in [0.4, 0.5) is 5.00 Å². The molecule has 1 rings (SSSR count). The molecule has 0 fully saturated rings. The lowest BCUT2D eigenvalue weighted by atomic mass is 10.1. The van der Waals surface area contributed by atoms with Crippen LogP contribution in [0.25, 0.3) is 0 Å². The Morgan fingerprint density at radius 3 is 2.87 bits per heavy atom. The van der Waals surface area contributed by atoms with Gasteiger partial charge in [0.2, 0.25) is 0 Å². The van der Waals surface area contributed by atoms with E-state index in [4.69, 9.17) is 5.84 Å². The van der Waals surface area contributed by atoms with Gasteiger partial charge in [-0.15, -0.1) is 5.10 Å². The van der Waals surface area contributed by atoms with E-state index < -0.39 is 0 Å². The van der Waals surface area contributed by atoms with Crippen molar-refractivity contribution in [3.8, 4) is 0 Å². The van der Waals surface area contributed by atoms with E-state index in [1.807, 2.05) is 0 Å². The molecule has 0 amide bonds. The fourth-order valence-corrected chi connectivity index (χ4v) is 1.72.